The van der Waals surface area contributed by atoms with Crippen molar-refractivity contribution in [3.8, 4) is 0 Å². The Morgan fingerprint density at radius 1 is 1.29 bits per heavy atom. The van der Waals surface area contributed by atoms with E-state index in [9.17, 15) is 0 Å². The summed E-state index contributed by atoms with van der Waals surface area (Å²) in [6, 6.07) is 4.27. The van der Waals surface area contributed by atoms with E-state index in [0.717, 1.165) is 12.1 Å². The maximum Gasteiger partial charge on any atom is 0.0372 e. The highest BCUT2D eigenvalue weighted by Gasteiger charge is 2.19. The van der Waals surface area contributed by atoms with Crippen molar-refractivity contribution in [3.63, 3.8) is 0 Å². The third-order valence-electron chi connectivity index (χ3n) is 2.99. The number of hydrogen-bond donors (Lipinski definition) is 0. The first kappa shape index (κ1) is 11.2. The van der Waals surface area contributed by atoms with E-state index < -0.39 is 0 Å². The topological polar surface area (TPSA) is 12.9 Å². The van der Waals surface area contributed by atoms with Crippen molar-refractivity contribution in [1.29, 1.82) is 0 Å². The van der Waals surface area contributed by atoms with Crippen molar-refractivity contribution >= 4 is 0 Å². The third kappa shape index (κ3) is 3.13. The van der Waals surface area contributed by atoms with Gasteiger partial charge in [-0.05, 0) is 36.3 Å². The Bertz CT molecular complexity index is 279. The predicted octanol–water partition coefficient (Wildman–Crippen LogP) is 3.61. The van der Waals surface area contributed by atoms with E-state index in [-0.39, 0.29) is 0 Å². The summed E-state index contributed by atoms with van der Waals surface area (Å²) in [6.07, 6.45) is 3.12. The number of aryl methyl sites for hydroxylation is 1. The molecule has 1 aromatic heterocycles. The second-order valence-corrected chi connectivity index (χ2v) is 5.28. The van der Waals surface area contributed by atoms with Gasteiger partial charge in [0.2, 0.25) is 0 Å². The molecular formula is C13H21N. The summed E-state index contributed by atoms with van der Waals surface area (Å²) in [6.45, 7) is 11.2. The van der Waals surface area contributed by atoms with E-state index in [0.29, 0.717) is 11.3 Å². The molecule has 0 radical (unpaired) electrons. The van der Waals surface area contributed by atoms with Gasteiger partial charge < -0.3 is 0 Å². The summed E-state index contributed by atoms with van der Waals surface area (Å²) in [5, 5.41) is 0. The van der Waals surface area contributed by atoms with Crippen molar-refractivity contribution < 1.29 is 0 Å². The molecule has 0 amide bonds. The first-order valence-corrected chi connectivity index (χ1v) is 5.31. The van der Waals surface area contributed by atoms with Crippen LogP contribution >= 0.6 is 0 Å². The largest absolute Gasteiger partial charge is 0.261 e. The van der Waals surface area contributed by atoms with Crippen LogP contribution in [0.3, 0.4) is 0 Å². The molecule has 0 fully saturated rings. The predicted molar refractivity (Wildman–Crippen MR) is 61.3 cm³/mol. The van der Waals surface area contributed by atoms with E-state index >= 15 is 0 Å². The van der Waals surface area contributed by atoms with Gasteiger partial charge in [-0.3, -0.25) is 4.98 Å². The zero-order valence-corrected chi connectivity index (χ0v) is 9.96. The molecule has 0 saturated carbocycles. The van der Waals surface area contributed by atoms with Crippen LogP contribution in [0.5, 0.6) is 0 Å². The summed E-state index contributed by atoms with van der Waals surface area (Å²) in [5.41, 5.74) is 2.82. The Morgan fingerprint density at radius 2 is 1.93 bits per heavy atom. The van der Waals surface area contributed by atoms with Gasteiger partial charge in [0.05, 0.1) is 0 Å². The number of hydrogen-bond acceptors (Lipinski definition) is 1. The highest BCUT2D eigenvalue weighted by atomic mass is 14.7. The lowest BCUT2D eigenvalue weighted by Gasteiger charge is -2.27. The summed E-state index contributed by atoms with van der Waals surface area (Å²) >= 11 is 0. The van der Waals surface area contributed by atoms with Gasteiger partial charge in [-0.15, -0.1) is 0 Å². The van der Waals surface area contributed by atoms with Gasteiger partial charge in [-0.25, -0.2) is 0 Å². The molecule has 0 aliphatic heterocycles. The molecule has 1 atom stereocenters. The van der Waals surface area contributed by atoms with E-state index in [1.165, 1.54) is 5.56 Å². The quantitative estimate of drug-likeness (QED) is 0.696. The van der Waals surface area contributed by atoms with Crippen molar-refractivity contribution in [2.24, 2.45) is 11.3 Å². The van der Waals surface area contributed by atoms with Gasteiger partial charge in [0.25, 0.3) is 0 Å². The van der Waals surface area contributed by atoms with E-state index in [4.69, 9.17) is 0 Å². The molecule has 0 aliphatic rings. The first-order valence-electron chi connectivity index (χ1n) is 5.31. The normalized spacial score (nSPS) is 14.1. The number of rotatable bonds is 2. The fraction of sp³-hybridized carbons (Fsp3) is 0.615. The lowest BCUT2D eigenvalue weighted by Crippen LogP contribution is -2.19. The third-order valence-corrected chi connectivity index (χ3v) is 2.99. The molecule has 14 heavy (non-hydrogen) atoms. The highest BCUT2D eigenvalue weighted by Crippen LogP contribution is 2.28. The summed E-state index contributed by atoms with van der Waals surface area (Å²) < 4.78 is 0. The maximum absolute atomic E-state index is 4.31. The highest BCUT2D eigenvalue weighted by molar-refractivity contribution is 5.13. The second-order valence-electron chi connectivity index (χ2n) is 5.28. The molecule has 1 nitrogen and oxygen atoms in total. The van der Waals surface area contributed by atoms with Gasteiger partial charge in [0.1, 0.15) is 0 Å². The molecule has 1 aromatic rings. The fourth-order valence-corrected chi connectivity index (χ4v) is 1.28. The maximum atomic E-state index is 4.31. The minimum atomic E-state index is 0.380. The van der Waals surface area contributed by atoms with Gasteiger partial charge in [-0.1, -0.05) is 33.8 Å². The van der Waals surface area contributed by atoms with Gasteiger partial charge in [0, 0.05) is 11.9 Å². The Labute approximate surface area is 87.6 Å². The van der Waals surface area contributed by atoms with Crippen molar-refractivity contribution in [1.82, 2.24) is 4.98 Å². The number of pyridine rings is 1. The molecular weight excluding hydrogens is 170 g/mol. The molecule has 0 aromatic carbocycles. The van der Waals surface area contributed by atoms with Gasteiger partial charge in [0.15, 0.2) is 0 Å². The molecule has 0 bridgehead atoms. The molecule has 78 valence electrons. The molecule has 1 heteroatoms. The Kier molecular flexibility index (Phi) is 3.30. The summed E-state index contributed by atoms with van der Waals surface area (Å²) in [4.78, 5) is 4.31. The Morgan fingerprint density at radius 3 is 2.36 bits per heavy atom. The van der Waals surface area contributed by atoms with E-state index in [1.807, 2.05) is 13.1 Å². The average Bonchev–Trinajstić information content (AvgIpc) is 2.07. The zero-order valence-electron chi connectivity index (χ0n) is 9.96. The van der Waals surface area contributed by atoms with Crippen LogP contribution in [0.15, 0.2) is 18.3 Å². The number of nitrogens with zero attached hydrogens (tertiary/aromatic N) is 1. The summed E-state index contributed by atoms with van der Waals surface area (Å²) in [7, 11) is 0. The standard InChI is InChI=1S/C13H21N/c1-10(13(3,4)5)8-12-7-6-11(2)14-9-12/h6-7,9-10H,8H2,1-5H3. The van der Waals surface area contributed by atoms with Crippen molar-refractivity contribution in [3.05, 3.63) is 29.6 Å². The molecule has 0 N–H and O–H groups in total. The zero-order chi connectivity index (χ0) is 10.8. The van der Waals surface area contributed by atoms with Crippen molar-refractivity contribution in [2.75, 3.05) is 0 Å². The smallest absolute Gasteiger partial charge is 0.0372 e. The summed E-state index contributed by atoms with van der Waals surface area (Å²) in [5.74, 6) is 0.687. The van der Waals surface area contributed by atoms with Crippen LogP contribution in [0.1, 0.15) is 39.0 Å². The minimum absolute atomic E-state index is 0.380. The molecule has 1 rings (SSSR count). The van der Waals surface area contributed by atoms with Crippen LogP contribution in [-0.2, 0) is 6.42 Å². The first-order chi connectivity index (χ1) is 6.39. The van der Waals surface area contributed by atoms with Crippen LogP contribution in [0.4, 0.5) is 0 Å². The van der Waals surface area contributed by atoms with E-state index in [2.05, 4.69) is 44.8 Å². The number of aromatic nitrogens is 1. The lowest BCUT2D eigenvalue weighted by atomic mass is 9.79. The Hall–Kier alpha value is -0.850. The van der Waals surface area contributed by atoms with E-state index in [1.54, 1.807) is 0 Å². The minimum Gasteiger partial charge on any atom is -0.261 e. The molecule has 0 saturated heterocycles. The second kappa shape index (κ2) is 4.12. The monoisotopic (exact) mass is 191 g/mol. The Balaban J connectivity index is 2.65. The molecule has 1 heterocycles. The van der Waals surface area contributed by atoms with Crippen LogP contribution < -0.4 is 0 Å². The molecule has 0 aliphatic carbocycles. The molecule has 0 spiro atoms. The van der Waals surface area contributed by atoms with Gasteiger partial charge >= 0.3 is 0 Å². The van der Waals surface area contributed by atoms with Crippen molar-refractivity contribution in [2.45, 2.75) is 41.0 Å². The van der Waals surface area contributed by atoms with Crippen LogP contribution in [0, 0.1) is 18.3 Å². The SMILES string of the molecule is Cc1ccc(CC(C)C(C)(C)C)cn1. The fourth-order valence-electron chi connectivity index (χ4n) is 1.28. The lowest BCUT2D eigenvalue weighted by molar-refractivity contribution is 0.260. The van der Waals surface area contributed by atoms with Crippen LogP contribution in [-0.4, -0.2) is 4.98 Å². The van der Waals surface area contributed by atoms with Crippen LogP contribution in [0.25, 0.3) is 0 Å². The molecule has 1 unspecified atom stereocenters. The van der Waals surface area contributed by atoms with Crippen LogP contribution in [0.2, 0.25) is 0 Å². The average molecular weight is 191 g/mol. The van der Waals surface area contributed by atoms with Gasteiger partial charge in [-0.2, -0.15) is 0 Å².